The molecule has 15 heavy (non-hydrogen) atoms. The van der Waals surface area contributed by atoms with Crippen molar-refractivity contribution < 1.29 is 4.42 Å². The molecule has 0 aliphatic heterocycles. The largest absolute Gasteiger partial charge is 0.465 e. The van der Waals surface area contributed by atoms with Crippen LogP contribution in [0.15, 0.2) is 34.9 Å². The summed E-state index contributed by atoms with van der Waals surface area (Å²) in [4.78, 5) is 0. The number of furan rings is 1. The van der Waals surface area contributed by atoms with E-state index in [1.165, 1.54) is 0 Å². The van der Waals surface area contributed by atoms with Crippen LogP contribution in [0.4, 0.5) is 0 Å². The first-order valence-corrected chi connectivity index (χ1v) is 4.55. The van der Waals surface area contributed by atoms with Gasteiger partial charge in [-0.05, 0) is 31.2 Å². The fourth-order valence-electron chi connectivity index (χ4n) is 1.35. The maximum atomic E-state index is 9.06. The van der Waals surface area contributed by atoms with Crippen molar-refractivity contribution in [3.8, 4) is 6.07 Å². The molecule has 2 heterocycles. The Morgan fingerprint density at radius 3 is 2.80 bits per heavy atom. The smallest absolute Gasteiger partial charge is 0.148 e. The van der Waals surface area contributed by atoms with Crippen LogP contribution in [0, 0.1) is 18.3 Å². The molecule has 2 aromatic rings. The molecule has 0 bridgehead atoms. The second-order valence-corrected chi connectivity index (χ2v) is 3.16. The van der Waals surface area contributed by atoms with Gasteiger partial charge in [0.1, 0.15) is 17.4 Å². The van der Waals surface area contributed by atoms with Crippen LogP contribution in [0.25, 0.3) is 0 Å². The van der Waals surface area contributed by atoms with Crippen molar-refractivity contribution in [2.75, 3.05) is 0 Å². The zero-order valence-corrected chi connectivity index (χ0v) is 8.21. The molecule has 0 aliphatic carbocycles. The first-order chi connectivity index (χ1) is 7.31. The van der Waals surface area contributed by atoms with Crippen LogP contribution in [-0.2, 0) is 0 Å². The van der Waals surface area contributed by atoms with Crippen molar-refractivity contribution in [3.63, 3.8) is 0 Å². The van der Waals surface area contributed by atoms with Gasteiger partial charge < -0.3 is 4.42 Å². The highest BCUT2D eigenvalue weighted by molar-refractivity contribution is 5.28. The van der Waals surface area contributed by atoms with E-state index in [1.807, 2.05) is 13.0 Å². The standard InChI is InChI=1S/C11H9N3O/c1-8-4-5-11(15-8)9(7-12)10-3-2-6-13-14-10/h2-6,9H,1H3. The molecule has 0 amide bonds. The first-order valence-electron chi connectivity index (χ1n) is 4.55. The van der Waals surface area contributed by atoms with Crippen LogP contribution in [-0.4, -0.2) is 10.2 Å². The van der Waals surface area contributed by atoms with Gasteiger partial charge in [0.05, 0.1) is 11.8 Å². The summed E-state index contributed by atoms with van der Waals surface area (Å²) in [5.74, 6) is 0.914. The maximum absolute atomic E-state index is 9.06. The van der Waals surface area contributed by atoms with Crippen LogP contribution in [0.3, 0.4) is 0 Å². The van der Waals surface area contributed by atoms with Crippen LogP contribution >= 0.6 is 0 Å². The van der Waals surface area contributed by atoms with Crippen molar-refractivity contribution in [1.82, 2.24) is 10.2 Å². The van der Waals surface area contributed by atoms with Crippen molar-refractivity contribution in [3.05, 3.63) is 47.7 Å². The molecule has 4 heteroatoms. The van der Waals surface area contributed by atoms with E-state index in [1.54, 1.807) is 24.4 Å². The van der Waals surface area contributed by atoms with Gasteiger partial charge in [0, 0.05) is 6.20 Å². The van der Waals surface area contributed by atoms with E-state index in [0.717, 1.165) is 5.76 Å². The molecule has 0 aromatic carbocycles. The van der Waals surface area contributed by atoms with E-state index in [-0.39, 0.29) is 0 Å². The summed E-state index contributed by atoms with van der Waals surface area (Å²) in [6.07, 6.45) is 1.57. The maximum Gasteiger partial charge on any atom is 0.148 e. The van der Waals surface area contributed by atoms with Gasteiger partial charge in [0.25, 0.3) is 0 Å². The zero-order valence-electron chi connectivity index (χ0n) is 8.21. The highest BCUT2D eigenvalue weighted by Gasteiger charge is 2.18. The molecular formula is C11H9N3O. The van der Waals surface area contributed by atoms with Gasteiger partial charge >= 0.3 is 0 Å². The lowest BCUT2D eigenvalue weighted by Crippen LogP contribution is -2.00. The third-order valence-electron chi connectivity index (χ3n) is 2.06. The molecule has 0 fully saturated rings. The summed E-state index contributed by atoms with van der Waals surface area (Å²) >= 11 is 0. The molecule has 0 radical (unpaired) electrons. The molecule has 74 valence electrons. The number of aryl methyl sites for hydroxylation is 1. The number of nitrogens with zero attached hydrogens (tertiary/aromatic N) is 3. The molecular weight excluding hydrogens is 190 g/mol. The Balaban J connectivity index is 2.38. The second kappa shape index (κ2) is 3.93. The Kier molecular flexibility index (Phi) is 2.46. The summed E-state index contributed by atoms with van der Waals surface area (Å²) in [6, 6.07) is 9.29. The Hall–Kier alpha value is -2.15. The minimum absolute atomic E-state index is 0.479. The number of hydrogen-bond donors (Lipinski definition) is 0. The van der Waals surface area contributed by atoms with Gasteiger partial charge in [-0.3, -0.25) is 0 Å². The molecule has 0 saturated heterocycles. The second-order valence-electron chi connectivity index (χ2n) is 3.16. The van der Waals surface area contributed by atoms with Gasteiger partial charge in [-0.1, -0.05) is 0 Å². The average molecular weight is 199 g/mol. The lowest BCUT2D eigenvalue weighted by molar-refractivity contribution is 0.479. The van der Waals surface area contributed by atoms with E-state index in [2.05, 4.69) is 16.3 Å². The Morgan fingerprint density at radius 1 is 1.40 bits per heavy atom. The van der Waals surface area contributed by atoms with Gasteiger partial charge in [0.2, 0.25) is 0 Å². The third kappa shape index (κ3) is 1.86. The Labute approximate surface area is 87.2 Å². The number of aromatic nitrogens is 2. The van der Waals surface area contributed by atoms with Crippen molar-refractivity contribution in [2.24, 2.45) is 0 Å². The minimum atomic E-state index is -0.479. The van der Waals surface area contributed by atoms with Gasteiger partial charge in [-0.25, -0.2) is 0 Å². The predicted molar refractivity (Wildman–Crippen MR) is 52.9 cm³/mol. The lowest BCUT2D eigenvalue weighted by atomic mass is 10.0. The van der Waals surface area contributed by atoms with E-state index >= 15 is 0 Å². The monoisotopic (exact) mass is 199 g/mol. The summed E-state index contributed by atoms with van der Waals surface area (Å²) < 4.78 is 5.40. The fourth-order valence-corrected chi connectivity index (χ4v) is 1.35. The number of rotatable bonds is 2. The van der Waals surface area contributed by atoms with E-state index < -0.39 is 5.92 Å². The molecule has 2 aromatic heterocycles. The summed E-state index contributed by atoms with van der Waals surface area (Å²) in [5, 5.41) is 16.7. The highest BCUT2D eigenvalue weighted by atomic mass is 16.3. The Bertz CT molecular complexity index is 484. The van der Waals surface area contributed by atoms with Crippen LogP contribution in [0.2, 0.25) is 0 Å². The van der Waals surface area contributed by atoms with Crippen LogP contribution < -0.4 is 0 Å². The van der Waals surface area contributed by atoms with Gasteiger partial charge in [-0.2, -0.15) is 15.5 Å². The zero-order chi connectivity index (χ0) is 10.7. The van der Waals surface area contributed by atoms with Crippen LogP contribution in [0.5, 0.6) is 0 Å². The predicted octanol–water partition coefficient (Wildman–Crippen LogP) is 2.03. The summed E-state index contributed by atoms with van der Waals surface area (Å²) in [7, 11) is 0. The summed E-state index contributed by atoms with van der Waals surface area (Å²) in [6.45, 7) is 1.84. The summed E-state index contributed by atoms with van der Waals surface area (Å²) in [5.41, 5.74) is 0.606. The molecule has 0 spiro atoms. The van der Waals surface area contributed by atoms with Gasteiger partial charge in [0.15, 0.2) is 0 Å². The molecule has 2 rings (SSSR count). The molecule has 4 nitrogen and oxygen atoms in total. The van der Waals surface area contributed by atoms with E-state index in [4.69, 9.17) is 9.68 Å². The van der Waals surface area contributed by atoms with E-state index in [0.29, 0.717) is 11.5 Å². The number of nitriles is 1. The van der Waals surface area contributed by atoms with Crippen LogP contribution in [0.1, 0.15) is 23.1 Å². The SMILES string of the molecule is Cc1ccc(C(C#N)c2cccnn2)o1. The third-order valence-corrected chi connectivity index (χ3v) is 2.06. The quantitative estimate of drug-likeness (QED) is 0.742. The normalized spacial score (nSPS) is 12.0. The average Bonchev–Trinajstić information content (AvgIpc) is 2.68. The molecule has 0 aliphatic rings. The minimum Gasteiger partial charge on any atom is -0.465 e. The fraction of sp³-hybridized carbons (Fsp3) is 0.182. The number of hydrogen-bond acceptors (Lipinski definition) is 4. The van der Waals surface area contributed by atoms with Crippen molar-refractivity contribution >= 4 is 0 Å². The van der Waals surface area contributed by atoms with Crippen molar-refractivity contribution in [1.29, 1.82) is 5.26 Å². The lowest BCUT2D eigenvalue weighted by Gasteiger charge is -2.03. The Morgan fingerprint density at radius 2 is 2.27 bits per heavy atom. The molecule has 1 unspecified atom stereocenters. The molecule has 0 saturated carbocycles. The topological polar surface area (TPSA) is 62.7 Å². The molecule has 1 atom stereocenters. The first kappa shape index (κ1) is 9.41. The van der Waals surface area contributed by atoms with Gasteiger partial charge in [-0.15, -0.1) is 0 Å². The van der Waals surface area contributed by atoms with E-state index in [9.17, 15) is 0 Å². The molecule has 0 N–H and O–H groups in total. The highest BCUT2D eigenvalue weighted by Crippen LogP contribution is 2.23. The van der Waals surface area contributed by atoms with Crippen molar-refractivity contribution in [2.45, 2.75) is 12.8 Å².